The summed E-state index contributed by atoms with van der Waals surface area (Å²) in [5.74, 6) is -1.27. The molecule has 1 atom stereocenters. The van der Waals surface area contributed by atoms with Crippen LogP contribution in [0.2, 0.25) is 0 Å². The standard InChI is InChI=1S/C12H20N2O3/c1-7(2)5-6-14-11(16)9(8(3)4)10(15)13-12(14)17/h7-9H,5-6H2,1-4H3,(H,13,15,17). The number of barbiturate groups is 1. The Hall–Kier alpha value is -1.39. The summed E-state index contributed by atoms with van der Waals surface area (Å²) in [6, 6.07) is -0.586. The number of hydrogen-bond acceptors (Lipinski definition) is 3. The Kier molecular flexibility index (Phi) is 4.26. The van der Waals surface area contributed by atoms with Crippen molar-refractivity contribution >= 4 is 17.8 Å². The molecule has 96 valence electrons. The summed E-state index contributed by atoms with van der Waals surface area (Å²) in [4.78, 5) is 36.3. The fourth-order valence-electron chi connectivity index (χ4n) is 1.82. The molecule has 0 aromatic heterocycles. The maximum atomic E-state index is 12.0. The Morgan fingerprint density at radius 3 is 2.24 bits per heavy atom. The molecule has 0 bridgehead atoms. The van der Waals surface area contributed by atoms with Gasteiger partial charge in [0.05, 0.1) is 0 Å². The van der Waals surface area contributed by atoms with Gasteiger partial charge in [-0.05, 0) is 18.3 Å². The van der Waals surface area contributed by atoms with Crippen molar-refractivity contribution in [3.8, 4) is 0 Å². The lowest BCUT2D eigenvalue weighted by Gasteiger charge is -2.32. The highest BCUT2D eigenvalue weighted by molar-refractivity contribution is 6.16. The highest BCUT2D eigenvalue weighted by Crippen LogP contribution is 2.19. The molecule has 1 N–H and O–H groups in total. The molecule has 0 spiro atoms. The second-order valence-electron chi connectivity index (χ2n) is 5.19. The van der Waals surface area contributed by atoms with Gasteiger partial charge in [0.1, 0.15) is 5.92 Å². The number of nitrogens with one attached hydrogen (secondary N) is 1. The number of amides is 4. The van der Waals surface area contributed by atoms with Crippen LogP contribution < -0.4 is 5.32 Å². The molecule has 1 rings (SSSR count). The number of hydrogen-bond donors (Lipinski definition) is 1. The Morgan fingerprint density at radius 2 is 1.76 bits per heavy atom. The van der Waals surface area contributed by atoms with Gasteiger partial charge in [0.2, 0.25) is 11.8 Å². The number of rotatable bonds is 4. The maximum absolute atomic E-state index is 12.0. The Balaban J connectivity index is 2.79. The molecule has 5 nitrogen and oxygen atoms in total. The summed E-state index contributed by atoms with van der Waals surface area (Å²) in [6.07, 6.45) is 0.748. The van der Waals surface area contributed by atoms with Gasteiger partial charge < -0.3 is 0 Å². The third-order valence-corrected chi connectivity index (χ3v) is 2.89. The monoisotopic (exact) mass is 240 g/mol. The van der Waals surface area contributed by atoms with Crippen LogP contribution in [0.15, 0.2) is 0 Å². The molecule has 0 aromatic rings. The maximum Gasteiger partial charge on any atom is 0.330 e. The summed E-state index contributed by atoms with van der Waals surface area (Å²) in [6.45, 7) is 8.03. The van der Waals surface area contributed by atoms with Gasteiger partial charge >= 0.3 is 6.03 Å². The molecule has 17 heavy (non-hydrogen) atoms. The lowest BCUT2D eigenvalue weighted by molar-refractivity contribution is -0.144. The van der Waals surface area contributed by atoms with Crippen LogP contribution >= 0.6 is 0 Å². The zero-order valence-corrected chi connectivity index (χ0v) is 10.8. The predicted octanol–water partition coefficient (Wildman–Crippen LogP) is 1.38. The number of urea groups is 1. The second kappa shape index (κ2) is 5.29. The van der Waals surface area contributed by atoms with Crippen LogP contribution in [0.5, 0.6) is 0 Å². The first-order valence-corrected chi connectivity index (χ1v) is 6.00. The molecule has 1 saturated heterocycles. The van der Waals surface area contributed by atoms with Crippen LogP contribution in [0, 0.1) is 17.8 Å². The molecule has 1 heterocycles. The van der Waals surface area contributed by atoms with Crippen molar-refractivity contribution in [2.75, 3.05) is 6.54 Å². The Labute approximate surface area is 102 Å². The van der Waals surface area contributed by atoms with E-state index in [1.807, 2.05) is 13.8 Å². The van der Waals surface area contributed by atoms with E-state index in [2.05, 4.69) is 5.32 Å². The second-order valence-corrected chi connectivity index (χ2v) is 5.19. The largest absolute Gasteiger partial charge is 0.330 e. The minimum Gasteiger partial charge on any atom is -0.277 e. The van der Waals surface area contributed by atoms with E-state index in [1.54, 1.807) is 13.8 Å². The van der Waals surface area contributed by atoms with Crippen molar-refractivity contribution in [2.24, 2.45) is 17.8 Å². The first kappa shape index (κ1) is 13.7. The molecule has 1 unspecified atom stereocenters. The molecular weight excluding hydrogens is 220 g/mol. The molecule has 1 fully saturated rings. The highest BCUT2D eigenvalue weighted by Gasteiger charge is 2.41. The number of nitrogens with zero attached hydrogens (tertiary/aromatic N) is 1. The lowest BCUT2D eigenvalue weighted by atomic mass is 9.92. The zero-order chi connectivity index (χ0) is 13.2. The van der Waals surface area contributed by atoms with Gasteiger partial charge in [-0.3, -0.25) is 19.8 Å². The normalized spacial score (nSPS) is 21.4. The predicted molar refractivity (Wildman–Crippen MR) is 63.0 cm³/mol. The molecule has 0 saturated carbocycles. The summed E-state index contributed by atoms with van der Waals surface area (Å²) >= 11 is 0. The lowest BCUT2D eigenvalue weighted by Crippen LogP contribution is -2.59. The van der Waals surface area contributed by atoms with E-state index in [0.717, 1.165) is 11.3 Å². The van der Waals surface area contributed by atoms with Gasteiger partial charge in [0.15, 0.2) is 0 Å². The van der Waals surface area contributed by atoms with E-state index >= 15 is 0 Å². The van der Waals surface area contributed by atoms with Gasteiger partial charge in [-0.15, -0.1) is 0 Å². The van der Waals surface area contributed by atoms with Crippen molar-refractivity contribution in [1.29, 1.82) is 0 Å². The molecule has 1 aliphatic heterocycles. The summed E-state index contributed by atoms with van der Waals surface area (Å²) < 4.78 is 0. The quantitative estimate of drug-likeness (QED) is 0.755. The smallest absolute Gasteiger partial charge is 0.277 e. The van der Waals surface area contributed by atoms with Crippen LogP contribution in [0.3, 0.4) is 0 Å². The van der Waals surface area contributed by atoms with Crippen molar-refractivity contribution in [2.45, 2.75) is 34.1 Å². The minimum atomic E-state index is -0.736. The van der Waals surface area contributed by atoms with Gasteiger partial charge in [-0.1, -0.05) is 27.7 Å². The van der Waals surface area contributed by atoms with Crippen LogP contribution in [0.4, 0.5) is 4.79 Å². The van der Waals surface area contributed by atoms with E-state index < -0.39 is 17.9 Å². The molecule has 0 aliphatic carbocycles. The molecular formula is C12H20N2O3. The van der Waals surface area contributed by atoms with Crippen molar-refractivity contribution in [1.82, 2.24) is 10.2 Å². The van der Waals surface area contributed by atoms with Gasteiger partial charge in [0.25, 0.3) is 0 Å². The van der Waals surface area contributed by atoms with E-state index in [4.69, 9.17) is 0 Å². The third kappa shape index (κ3) is 3.05. The van der Waals surface area contributed by atoms with Gasteiger partial charge in [-0.25, -0.2) is 4.79 Å². The van der Waals surface area contributed by atoms with E-state index in [9.17, 15) is 14.4 Å². The first-order valence-electron chi connectivity index (χ1n) is 6.00. The van der Waals surface area contributed by atoms with Crippen LogP contribution in [-0.2, 0) is 9.59 Å². The van der Waals surface area contributed by atoms with Gasteiger partial charge in [0, 0.05) is 6.54 Å². The summed E-state index contributed by atoms with van der Waals surface area (Å²) in [5.41, 5.74) is 0. The molecule has 0 aromatic carbocycles. The van der Waals surface area contributed by atoms with Crippen LogP contribution in [-0.4, -0.2) is 29.3 Å². The average Bonchev–Trinajstić information content (AvgIpc) is 2.14. The molecule has 4 amide bonds. The van der Waals surface area contributed by atoms with E-state index in [0.29, 0.717) is 12.5 Å². The molecule has 0 radical (unpaired) electrons. The Bertz CT molecular complexity index is 337. The molecule has 5 heteroatoms. The minimum absolute atomic E-state index is 0.0999. The highest BCUT2D eigenvalue weighted by atomic mass is 16.2. The fourth-order valence-corrected chi connectivity index (χ4v) is 1.82. The number of imide groups is 2. The van der Waals surface area contributed by atoms with Crippen molar-refractivity contribution in [3.05, 3.63) is 0 Å². The van der Waals surface area contributed by atoms with Gasteiger partial charge in [-0.2, -0.15) is 0 Å². The van der Waals surface area contributed by atoms with Crippen LogP contribution in [0.25, 0.3) is 0 Å². The summed E-state index contributed by atoms with van der Waals surface area (Å²) in [7, 11) is 0. The summed E-state index contributed by atoms with van der Waals surface area (Å²) in [5, 5.41) is 2.24. The van der Waals surface area contributed by atoms with E-state index in [1.165, 1.54) is 0 Å². The third-order valence-electron chi connectivity index (χ3n) is 2.89. The molecule has 1 aliphatic rings. The first-order chi connectivity index (χ1) is 7.84. The zero-order valence-electron chi connectivity index (χ0n) is 10.8. The van der Waals surface area contributed by atoms with Crippen molar-refractivity contribution < 1.29 is 14.4 Å². The van der Waals surface area contributed by atoms with E-state index in [-0.39, 0.29) is 11.8 Å². The van der Waals surface area contributed by atoms with Crippen molar-refractivity contribution in [3.63, 3.8) is 0 Å². The van der Waals surface area contributed by atoms with Crippen LogP contribution in [0.1, 0.15) is 34.1 Å². The fraction of sp³-hybridized carbons (Fsp3) is 0.750. The topological polar surface area (TPSA) is 66.5 Å². The Morgan fingerprint density at radius 1 is 1.18 bits per heavy atom. The average molecular weight is 240 g/mol. The number of carbonyl (C=O) groups excluding carboxylic acids is 3. The SMILES string of the molecule is CC(C)CCN1C(=O)NC(=O)C(C(C)C)C1=O. The number of carbonyl (C=O) groups is 3.